The van der Waals surface area contributed by atoms with E-state index >= 15 is 0 Å². The molecule has 6 nitrogen and oxygen atoms in total. The molecule has 0 spiro atoms. The molecular weight excluding hydrogens is 368 g/mol. The number of benzene rings is 1. The fourth-order valence-electron chi connectivity index (χ4n) is 1.56. The van der Waals surface area contributed by atoms with Crippen LogP contribution in [0.4, 0.5) is 11.5 Å². The van der Waals surface area contributed by atoms with Crippen molar-refractivity contribution in [1.82, 2.24) is 9.78 Å². The van der Waals surface area contributed by atoms with Gasteiger partial charge in [0.1, 0.15) is 4.90 Å². The molecule has 108 valence electrons. The van der Waals surface area contributed by atoms with Crippen LogP contribution in [-0.2, 0) is 16.6 Å². The van der Waals surface area contributed by atoms with Crippen LogP contribution in [0.25, 0.3) is 0 Å². The molecule has 1 aromatic heterocycles. The molecule has 9 heteroatoms. The Morgan fingerprint density at radius 1 is 1.50 bits per heavy atom. The summed E-state index contributed by atoms with van der Waals surface area (Å²) in [5.74, 6) is -0.0440. The molecule has 2 rings (SSSR count). The Kier molecular flexibility index (Phi) is 4.26. The molecule has 0 saturated carbocycles. The number of rotatable bonds is 4. The summed E-state index contributed by atoms with van der Waals surface area (Å²) in [6.45, 7) is 2.37. The Morgan fingerprint density at radius 3 is 2.80 bits per heavy atom. The predicted octanol–water partition coefficient (Wildman–Crippen LogP) is 2.70. The van der Waals surface area contributed by atoms with Gasteiger partial charge >= 0.3 is 0 Å². The van der Waals surface area contributed by atoms with E-state index in [2.05, 4.69) is 25.8 Å². The molecule has 3 N–H and O–H groups in total. The maximum absolute atomic E-state index is 12.3. The van der Waals surface area contributed by atoms with Crippen LogP contribution in [0.1, 0.15) is 6.92 Å². The van der Waals surface area contributed by atoms with Gasteiger partial charge in [-0.2, -0.15) is 5.10 Å². The van der Waals surface area contributed by atoms with Gasteiger partial charge in [0, 0.05) is 22.2 Å². The van der Waals surface area contributed by atoms with Crippen molar-refractivity contribution >= 4 is 49.1 Å². The van der Waals surface area contributed by atoms with E-state index in [9.17, 15) is 8.42 Å². The van der Waals surface area contributed by atoms with E-state index in [1.165, 1.54) is 16.9 Å². The number of nitrogens with zero attached hydrogens (tertiary/aromatic N) is 2. The van der Waals surface area contributed by atoms with Gasteiger partial charge < -0.3 is 5.73 Å². The van der Waals surface area contributed by atoms with Crippen molar-refractivity contribution < 1.29 is 8.42 Å². The summed E-state index contributed by atoms with van der Waals surface area (Å²) in [7, 11) is -3.82. The number of sulfonamides is 1. The molecule has 0 aliphatic carbocycles. The second kappa shape index (κ2) is 5.63. The maximum Gasteiger partial charge on any atom is 0.267 e. The summed E-state index contributed by atoms with van der Waals surface area (Å²) < 4.78 is 29.1. The van der Waals surface area contributed by atoms with Crippen LogP contribution in [0, 0.1) is 0 Å². The zero-order valence-electron chi connectivity index (χ0n) is 10.5. The summed E-state index contributed by atoms with van der Waals surface area (Å²) in [6, 6.07) is 4.80. The molecule has 0 bridgehead atoms. The van der Waals surface area contributed by atoms with Crippen LogP contribution in [0.15, 0.2) is 33.8 Å². The van der Waals surface area contributed by atoms with Crippen LogP contribution in [0.2, 0.25) is 5.02 Å². The average Bonchev–Trinajstić information content (AvgIpc) is 2.76. The first-order valence-corrected chi connectivity index (χ1v) is 8.29. The summed E-state index contributed by atoms with van der Waals surface area (Å²) in [4.78, 5) is -0.0637. The number of hydrogen-bond acceptors (Lipinski definition) is 4. The third kappa shape index (κ3) is 3.08. The Hall–Kier alpha value is -1.25. The molecule has 0 amide bonds. The predicted molar refractivity (Wildman–Crippen MR) is 82.3 cm³/mol. The monoisotopic (exact) mass is 378 g/mol. The fraction of sp³-hybridized carbons (Fsp3) is 0.182. The molecule has 0 aliphatic heterocycles. The number of aromatic nitrogens is 2. The van der Waals surface area contributed by atoms with Crippen molar-refractivity contribution in [3.8, 4) is 0 Å². The lowest BCUT2D eigenvalue weighted by Gasteiger charge is -2.09. The number of halogens is 2. The Labute approximate surface area is 130 Å². The van der Waals surface area contributed by atoms with E-state index in [0.29, 0.717) is 21.7 Å². The van der Waals surface area contributed by atoms with Gasteiger partial charge in [-0.3, -0.25) is 9.40 Å². The second-order valence-corrected chi connectivity index (χ2v) is 6.91. The minimum absolute atomic E-state index is 0.0440. The lowest BCUT2D eigenvalue weighted by Crippen LogP contribution is -2.14. The van der Waals surface area contributed by atoms with E-state index in [1.54, 1.807) is 12.1 Å². The summed E-state index contributed by atoms with van der Waals surface area (Å²) >= 11 is 9.11. The van der Waals surface area contributed by atoms with Crippen molar-refractivity contribution in [3.05, 3.63) is 33.9 Å². The zero-order valence-corrected chi connectivity index (χ0v) is 13.6. The van der Waals surface area contributed by atoms with E-state index in [0.717, 1.165) is 0 Å². The smallest absolute Gasteiger partial charge is 0.267 e. The molecule has 0 fully saturated rings. The van der Waals surface area contributed by atoms with Gasteiger partial charge in [0.05, 0.1) is 5.69 Å². The van der Waals surface area contributed by atoms with Crippen LogP contribution >= 0.6 is 27.5 Å². The Bertz CT molecular complexity index is 745. The van der Waals surface area contributed by atoms with Gasteiger partial charge in [-0.05, 0) is 41.1 Å². The Balaban J connectivity index is 2.40. The maximum atomic E-state index is 12.3. The van der Waals surface area contributed by atoms with Gasteiger partial charge in [0.25, 0.3) is 10.0 Å². The van der Waals surface area contributed by atoms with Crippen LogP contribution in [0.5, 0.6) is 0 Å². The summed E-state index contributed by atoms with van der Waals surface area (Å²) in [5, 5.41) is 4.33. The van der Waals surface area contributed by atoms with Gasteiger partial charge in [-0.25, -0.2) is 8.42 Å². The molecule has 1 heterocycles. The molecule has 0 atom stereocenters. The first-order valence-electron chi connectivity index (χ1n) is 5.64. The zero-order chi connectivity index (χ0) is 14.9. The number of hydrogen-bond donors (Lipinski definition) is 2. The minimum Gasteiger partial charge on any atom is -0.381 e. The number of nitrogens with two attached hydrogens (primary N) is 1. The van der Waals surface area contributed by atoms with Crippen molar-refractivity contribution in [1.29, 1.82) is 0 Å². The van der Waals surface area contributed by atoms with E-state index in [1.807, 2.05) is 6.92 Å². The minimum atomic E-state index is -3.82. The van der Waals surface area contributed by atoms with Gasteiger partial charge in [-0.1, -0.05) is 11.6 Å². The highest BCUT2D eigenvalue weighted by atomic mass is 79.9. The molecular formula is C11H12BrClN4O2S. The van der Waals surface area contributed by atoms with Gasteiger partial charge in [0.2, 0.25) is 0 Å². The highest BCUT2D eigenvalue weighted by Crippen LogP contribution is 2.29. The highest BCUT2D eigenvalue weighted by molar-refractivity contribution is 9.10. The Morgan fingerprint density at radius 2 is 2.20 bits per heavy atom. The van der Waals surface area contributed by atoms with E-state index in [-0.39, 0.29) is 10.7 Å². The summed E-state index contributed by atoms with van der Waals surface area (Å²) in [6.07, 6.45) is 1.39. The normalized spacial score (nSPS) is 11.6. The first kappa shape index (κ1) is 15.1. The third-order valence-electron chi connectivity index (χ3n) is 2.54. The quantitative estimate of drug-likeness (QED) is 0.854. The molecule has 0 radical (unpaired) electrons. The van der Waals surface area contributed by atoms with Crippen molar-refractivity contribution in [2.75, 3.05) is 10.5 Å². The van der Waals surface area contributed by atoms with Crippen LogP contribution in [0.3, 0.4) is 0 Å². The third-order valence-corrected chi connectivity index (χ3v) is 4.85. The summed E-state index contributed by atoms with van der Waals surface area (Å²) in [5.41, 5.74) is 5.97. The lowest BCUT2D eigenvalue weighted by atomic mass is 10.3. The lowest BCUT2D eigenvalue weighted by molar-refractivity contribution is 0.600. The van der Waals surface area contributed by atoms with Gasteiger partial charge in [-0.15, -0.1) is 0 Å². The van der Waals surface area contributed by atoms with Crippen molar-refractivity contribution in [3.63, 3.8) is 0 Å². The molecule has 20 heavy (non-hydrogen) atoms. The molecule has 1 aromatic carbocycles. The molecule has 0 saturated heterocycles. The van der Waals surface area contributed by atoms with E-state index < -0.39 is 10.0 Å². The number of aryl methyl sites for hydroxylation is 1. The number of anilines is 2. The van der Waals surface area contributed by atoms with Crippen molar-refractivity contribution in [2.24, 2.45) is 0 Å². The van der Waals surface area contributed by atoms with Crippen molar-refractivity contribution in [2.45, 2.75) is 18.4 Å². The largest absolute Gasteiger partial charge is 0.381 e. The highest BCUT2D eigenvalue weighted by Gasteiger charge is 2.22. The van der Waals surface area contributed by atoms with Crippen LogP contribution in [-0.4, -0.2) is 18.2 Å². The van der Waals surface area contributed by atoms with Gasteiger partial charge in [0.15, 0.2) is 5.82 Å². The fourth-order valence-corrected chi connectivity index (χ4v) is 3.36. The number of nitrogen functional groups attached to an aromatic ring is 1. The standard InChI is InChI=1S/C11H12BrClN4O2S/c1-2-17-6-10(11(14)15-17)20(18,19)16-9-5-7(13)3-4-8(9)12/h3-6,16H,2H2,1H3,(H2,14,15). The number of nitrogens with one attached hydrogen (secondary N) is 1. The first-order chi connectivity index (χ1) is 9.33. The second-order valence-electron chi connectivity index (χ2n) is 3.96. The molecule has 2 aromatic rings. The molecule has 0 unspecified atom stereocenters. The van der Waals surface area contributed by atoms with Crippen LogP contribution < -0.4 is 10.5 Å². The molecule has 0 aliphatic rings. The van der Waals surface area contributed by atoms with E-state index in [4.69, 9.17) is 17.3 Å². The SMILES string of the molecule is CCn1cc(S(=O)(=O)Nc2cc(Cl)ccc2Br)c(N)n1. The topological polar surface area (TPSA) is 90.0 Å². The average molecular weight is 380 g/mol.